The first kappa shape index (κ1) is 36.4. The molecule has 9 nitrogen and oxygen atoms in total. The number of nitrogens with one attached hydrogen (secondary N) is 3. The van der Waals surface area contributed by atoms with Crippen LogP contribution in [0.3, 0.4) is 0 Å². The highest BCUT2D eigenvalue weighted by atomic mass is 32.2. The molecule has 11 heteroatoms. The van der Waals surface area contributed by atoms with E-state index in [1.807, 2.05) is 12.1 Å². The van der Waals surface area contributed by atoms with Gasteiger partial charge in [0.25, 0.3) is 11.8 Å². The second-order valence-corrected chi connectivity index (χ2v) is 15.1. The smallest absolute Gasteiger partial charge is 0.341 e. The number of fused-ring (bicyclic) bond motifs is 1. The molecule has 0 aliphatic heterocycles. The van der Waals surface area contributed by atoms with E-state index in [9.17, 15) is 19.2 Å². The summed E-state index contributed by atoms with van der Waals surface area (Å²) in [6, 6.07) is 22.9. The van der Waals surface area contributed by atoms with Crippen molar-refractivity contribution in [2.24, 2.45) is 11.3 Å². The summed E-state index contributed by atoms with van der Waals surface area (Å²) in [5, 5.41) is 9.10. The second-order valence-electron chi connectivity index (χ2n) is 13.0. The molecule has 0 saturated heterocycles. The number of thiophene rings is 1. The lowest BCUT2D eigenvalue weighted by Gasteiger charge is -2.33. The first-order valence-electron chi connectivity index (χ1n) is 16.2. The van der Waals surface area contributed by atoms with Crippen molar-refractivity contribution in [3.05, 3.63) is 112 Å². The van der Waals surface area contributed by atoms with Crippen LogP contribution >= 0.6 is 23.1 Å². The van der Waals surface area contributed by atoms with Crippen molar-refractivity contribution in [2.45, 2.75) is 44.9 Å². The Kier molecular flexibility index (Phi) is 11.8. The molecule has 3 aromatic carbocycles. The number of amides is 3. The highest BCUT2D eigenvalue weighted by Crippen LogP contribution is 2.44. The van der Waals surface area contributed by atoms with Gasteiger partial charge >= 0.3 is 5.97 Å². The van der Waals surface area contributed by atoms with Gasteiger partial charge in [-0.05, 0) is 90.3 Å². The number of anilines is 2. The number of hydrogen-bond acceptors (Lipinski definition) is 8. The van der Waals surface area contributed by atoms with Gasteiger partial charge in [0, 0.05) is 21.0 Å². The lowest BCUT2D eigenvalue weighted by Crippen LogP contribution is -2.30. The van der Waals surface area contributed by atoms with Gasteiger partial charge in [-0.15, -0.1) is 23.1 Å². The molecule has 50 heavy (non-hydrogen) atoms. The molecule has 0 spiro atoms. The molecule has 1 aliphatic rings. The van der Waals surface area contributed by atoms with Crippen LogP contribution in [-0.4, -0.2) is 43.7 Å². The van der Waals surface area contributed by atoms with Crippen molar-refractivity contribution in [1.82, 2.24) is 5.32 Å². The Morgan fingerprint density at radius 1 is 0.940 bits per heavy atom. The molecule has 4 aromatic rings. The van der Waals surface area contributed by atoms with Crippen LogP contribution in [0.5, 0.6) is 5.75 Å². The minimum absolute atomic E-state index is 0.0512. The summed E-state index contributed by atoms with van der Waals surface area (Å²) in [4.78, 5) is 54.4. The molecule has 5 rings (SSSR count). The molecule has 3 amide bonds. The topological polar surface area (TPSA) is 123 Å². The predicted molar refractivity (Wildman–Crippen MR) is 200 cm³/mol. The molecule has 1 aliphatic carbocycles. The lowest BCUT2D eigenvalue weighted by molar-refractivity contribution is -0.114. The maximum atomic E-state index is 13.5. The summed E-state index contributed by atoms with van der Waals surface area (Å²) in [6.45, 7) is 6.71. The summed E-state index contributed by atoms with van der Waals surface area (Å²) in [5.41, 5.74) is 3.22. The van der Waals surface area contributed by atoms with E-state index in [1.165, 1.54) is 30.2 Å². The molecule has 0 radical (unpaired) electrons. The van der Waals surface area contributed by atoms with Gasteiger partial charge in [0.05, 0.1) is 25.5 Å². The molecule has 0 fully saturated rings. The fraction of sp³-hybridized carbons (Fsp3) is 0.282. The molecule has 1 aromatic heterocycles. The van der Waals surface area contributed by atoms with Crippen molar-refractivity contribution in [3.63, 3.8) is 0 Å². The number of thioether (sulfide) groups is 1. The van der Waals surface area contributed by atoms with E-state index in [-0.39, 0.29) is 22.8 Å². The normalized spacial score (nSPS) is 14.3. The van der Waals surface area contributed by atoms with E-state index >= 15 is 0 Å². The second kappa shape index (κ2) is 16.2. The van der Waals surface area contributed by atoms with Gasteiger partial charge in [0.2, 0.25) is 5.91 Å². The van der Waals surface area contributed by atoms with Crippen LogP contribution in [-0.2, 0) is 27.2 Å². The summed E-state index contributed by atoms with van der Waals surface area (Å²) < 4.78 is 10.3. The van der Waals surface area contributed by atoms with Crippen LogP contribution in [0.4, 0.5) is 10.7 Å². The first-order chi connectivity index (χ1) is 23.9. The summed E-state index contributed by atoms with van der Waals surface area (Å²) in [7, 11) is 2.93. The summed E-state index contributed by atoms with van der Waals surface area (Å²) in [5.74, 6) is -0.404. The van der Waals surface area contributed by atoms with Gasteiger partial charge in [-0.2, -0.15) is 0 Å². The average Bonchev–Trinajstić information content (AvgIpc) is 3.47. The Bertz CT molecular complexity index is 1900. The van der Waals surface area contributed by atoms with Crippen LogP contribution in [0.1, 0.15) is 63.9 Å². The molecular weight excluding hydrogens is 671 g/mol. The maximum Gasteiger partial charge on any atom is 0.341 e. The van der Waals surface area contributed by atoms with Gasteiger partial charge in [-0.3, -0.25) is 14.4 Å². The Hall–Kier alpha value is -4.87. The third-order valence-electron chi connectivity index (χ3n) is 8.55. The molecule has 1 atom stereocenters. The van der Waals surface area contributed by atoms with Crippen LogP contribution in [0.15, 0.2) is 89.5 Å². The van der Waals surface area contributed by atoms with E-state index < -0.39 is 17.8 Å². The zero-order valence-corrected chi connectivity index (χ0v) is 30.4. The number of rotatable bonds is 11. The molecule has 0 bridgehead atoms. The molecule has 260 valence electrons. The molecule has 0 saturated carbocycles. The standard InChI is InChI=1S/C39H41N3O6S2/c1-39(2,3)26-16-19-30-32(21-26)50-37(34(30)38(46)48-5)42-33(43)23-49-29-13-9-12-27(22-29)40-36(45)31(20-24-14-17-28(47-4)18-15-24)41-35(44)25-10-7-6-8-11-25/h6-15,17-18,20,22,26H,16,19,21,23H2,1-5H3,(H,40,45)(H,41,44)(H,42,43)/b31-20+. The minimum Gasteiger partial charge on any atom is -0.497 e. The van der Waals surface area contributed by atoms with E-state index in [1.54, 1.807) is 79.9 Å². The number of ether oxygens (including phenoxy) is 2. The van der Waals surface area contributed by atoms with Crippen LogP contribution < -0.4 is 20.7 Å². The van der Waals surface area contributed by atoms with E-state index in [4.69, 9.17) is 9.47 Å². The predicted octanol–water partition coefficient (Wildman–Crippen LogP) is 7.83. The Labute approximate surface area is 300 Å². The van der Waals surface area contributed by atoms with Crippen molar-refractivity contribution in [2.75, 3.05) is 30.6 Å². The SMILES string of the molecule is COC(=O)c1c(NC(=O)CSc2cccc(NC(=O)/C(=C\c3ccc(OC)cc3)NC(=O)c3ccccc3)c2)sc2c1CCC(C(C)(C)C)C2. The maximum absolute atomic E-state index is 13.5. The van der Waals surface area contributed by atoms with Crippen molar-refractivity contribution in [3.8, 4) is 5.75 Å². The molecular formula is C39H41N3O6S2. The number of esters is 1. The monoisotopic (exact) mass is 711 g/mol. The Morgan fingerprint density at radius 2 is 1.68 bits per heavy atom. The highest BCUT2D eigenvalue weighted by Gasteiger charge is 2.34. The average molecular weight is 712 g/mol. The number of benzene rings is 3. The fourth-order valence-electron chi connectivity index (χ4n) is 5.71. The fourth-order valence-corrected chi connectivity index (χ4v) is 7.80. The number of hydrogen-bond donors (Lipinski definition) is 3. The molecule has 3 N–H and O–H groups in total. The van der Waals surface area contributed by atoms with Crippen LogP contribution in [0.25, 0.3) is 6.08 Å². The summed E-state index contributed by atoms with van der Waals surface area (Å²) >= 11 is 2.76. The van der Waals surface area contributed by atoms with Gasteiger partial charge < -0.3 is 25.4 Å². The minimum atomic E-state index is -0.518. The number of carbonyl (C=O) groups excluding carboxylic acids is 4. The van der Waals surface area contributed by atoms with Gasteiger partial charge in [0.15, 0.2) is 0 Å². The van der Waals surface area contributed by atoms with Gasteiger partial charge in [-0.25, -0.2) is 4.79 Å². The lowest BCUT2D eigenvalue weighted by atomic mass is 9.72. The van der Waals surface area contributed by atoms with E-state index in [2.05, 4.69) is 36.7 Å². The first-order valence-corrected chi connectivity index (χ1v) is 18.0. The van der Waals surface area contributed by atoms with Crippen molar-refractivity contribution < 1.29 is 28.7 Å². The van der Waals surface area contributed by atoms with Gasteiger partial charge in [0.1, 0.15) is 16.4 Å². The Balaban J connectivity index is 1.27. The summed E-state index contributed by atoms with van der Waals surface area (Å²) in [6.07, 6.45) is 4.20. The zero-order valence-electron chi connectivity index (χ0n) is 28.8. The number of carbonyl (C=O) groups is 4. The largest absolute Gasteiger partial charge is 0.497 e. The quantitative estimate of drug-likeness (QED) is 0.0824. The van der Waals surface area contributed by atoms with Gasteiger partial charge in [-0.1, -0.05) is 57.2 Å². The number of methoxy groups -OCH3 is 2. The molecule has 1 heterocycles. The van der Waals surface area contributed by atoms with E-state index in [0.29, 0.717) is 39.0 Å². The third kappa shape index (κ3) is 9.22. The van der Waals surface area contributed by atoms with E-state index in [0.717, 1.165) is 34.6 Å². The van der Waals surface area contributed by atoms with Crippen molar-refractivity contribution in [1.29, 1.82) is 0 Å². The Morgan fingerprint density at radius 3 is 2.36 bits per heavy atom. The third-order valence-corrected chi connectivity index (χ3v) is 10.7. The van der Waals surface area contributed by atoms with Crippen LogP contribution in [0.2, 0.25) is 0 Å². The van der Waals surface area contributed by atoms with Crippen molar-refractivity contribution >= 4 is 63.6 Å². The van der Waals surface area contributed by atoms with Crippen LogP contribution in [0, 0.1) is 11.3 Å². The highest BCUT2D eigenvalue weighted by molar-refractivity contribution is 8.00. The zero-order chi connectivity index (χ0) is 35.8. The molecule has 1 unspecified atom stereocenters.